The minimum Gasteiger partial charge on any atom is -0.508 e. The molecule has 2 aromatic carbocycles. The summed E-state index contributed by atoms with van der Waals surface area (Å²) in [5, 5.41) is 36.0. The fraction of sp³-hybridized carbons (Fsp3) is 0.310. The van der Waals surface area contributed by atoms with Crippen LogP contribution in [-0.4, -0.2) is 80.0 Å². The Morgan fingerprint density at radius 1 is 0.795 bits per heavy atom. The summed E-state index contributed by atoms with van der Waals surface area (Å²) in [6.45, 7) is 0. The zero-order chi connectivity index (χ0) is 32.4. The van der Waals surface area contributed by atoms with E-state index in [2.05, 4.69) is 20.9 Å². The van der Waals surface area contributed by atoms with E-state index in [-0.39, 0.29) is 25.0 Å². The molecule has 15 heteroatoms. The number of carbonyl (C=O) groups is 6. The lowest BCUT2D eigenvalue weighted by molar-refractivity contribution is -0.143. The fourth-order valence-electron chi connectivity index (χ4n) is 4.47. The molecule has 15 nitrogen and oxygen atoms in total. The van der Waals surface area contributed by atoms with Gasteiger partial charge in [-0.2, -0.15) is 0 Å². The number of benzene rings is 2. The van der Waals surface area contributed by atoms with Gasteiger partial charge < -0.3 is 47.7 Å². The number of hydrogen-bond acceptors (Lipinski definition) is 8. The molecule has 1 heterocycles. The van der Waals surface area contributed by atoms with Gasteiger partial charge in [-0.3, -0.25) is 24.0 Å². The van der Waals surface area contributed by atoms with Crippen molar-refractivity contribution in [2.24, 2.45) is 11.5 Å². The van der Waals surface area contributed by atoms with E-state index in [1.807, 2.05) is 0 Å². The van der Waals surface area contributed by atoms with E-state index < -0.39 is 72.6 Å². The maximum absolute atomic E-state index is 13.4. The van der Waals surface area contributed by atoms with Gasteiger partial charge in [-0.25, -0.2) is 4.79 Å². The number of aliphatic carboxylic acids is 2. The zero-order valence-electron chi connectivity index (χ0n) is 23.5. The Morgan fingerprint density at radius 3 is 2.05 bits per heavy atom. The van der Waals surface area contributed by atoms with Crippen molar-refractivity contribution in [1.82, 2.24) is 20.9 Å². The molecule has 234 valence electrons. The number of fused-ring (bicyclic) bond motifs is 1. The molecule has 44 heavy (non-hydrogen) atoms. The molecule has 0 radical (unpaired) electrons. The minimum atomic E-state index is -1.68. The fourth-order valence-corrected chi connectivity index (χ4v) is 4.47. The smallest absolute Gasteiger partial charge is 0.326 e. The molecular weight excluding hydrogens is 576 g/mol. The highest BCUT2D eigenvalue weighted by Crippen LogP contribution is 2.19. The number of carbonyl (C=O) groups excluding carboxylic acids is 4. The Balaban J connectivity index is 1.83. The highest BCUT2D eigenvalue weighted by atomic mass is 16.4. The van der Waals surface area contributed by atoms with Crippen molar-refractivity contribution in [3.63, 3.8) is 0 Å². The number of hydrogen-bond donors (Lipinski definition) is 9. The van der Waals surface area contributed by atoms with Crippen LogP contribution in [0.25, 0.3) is 10.9 Å². The second-order valence-electron chi connectivity index (χ2n) is 10.2. The summed E-state index contributed by atoms with van der Waals surface area (Å²) in [4.78, 5) is 77.0. The molecule has 0 bridgehead atoms. The zero-order valence-corrected chi connectivity index (χ0v) is 23.5. The summed E-state index contributed by atoms with van der Waals surface area (Å²) in [6.07, 6.45) is -0.0393. The molecule has 0 saturated carbocycles. The maximum atomic E-state index is 13.4. The van der Waals surface area contributed by atoms with Gasteiger partial charge in [-0.1, -0.05) is 30.3 Å². The average Bonchev–Trinajstić information content (AvgIpc) is 3.37. The predicted molar refractivity (Wildman–Crippen MR) is 156 cm³/mol. The van der Waals surface area contributed by atoms with Crippen LogP contribution in [0.3, 0.4) is 0 Å². The second kappa shape index (κ2) is 15.2. The van der Waals surface area contributed by atoms with Crippen molar-refractivity contribution in [3.05, 3.63) is 65.9 Å². The number of phenolic OH excluding ortho intramolecular Hbond substituents is 1. The normalized spacial score (nSPS) is 13.7. The van der Waals surface area contributed by atoms with Crippen molar-refractivity contribution >= 4 is 46.5 Å². The number of amides is 4. The molecule has 0 spiro atoms. The lowest BCUT2D eigenvalue weighted by atomic mass is 10.0. The van der Waals surface area contributed by atoms with Crippen molar-refractivity contribution in [3.8, 4) is 5.75 Å². The standard InChI is InChI=1S/C29H34N6O9/c30-19(11-15-5-7-17(36)8-6-15)26(40)33-21(9-10-25(38)39)27(41)34-22(28(42)35-23(29(43)44)13-24(31)37)12-16-14-32-20-4-2-1-3-18(16)20/h1-8,14,19,21-23,32,36H,9-13,30H2,(H2,31,37)(H,33,40)(H,34,41)(H,35,42)(H,38,39)(H,43,44). The molecule has 11 N–H and O–H groups in total. The Bertz CT molecular complexity index is 1520. The molecule has 3 aromatic rings. The number of aromatic amines is 1. The highest BCUT2D eigenvalue weighted by Gasteiger charge is 2.32. The molecule has 4 atom stereocenters. The minimum absolute atomic E-state index is 0.0210. The summed E-state index contributed by atoms with van der Waals surface area (Å²) < 4.78 is 0. The average molecular weight is 611 g/mol. The number of carboxylic acid groups (broad SMARTS) is 2. The number of H-pyrrole nitrogens is 1. The van der Waals surface area contributed by atoms with Gasteiger partial charge in [0.05, 0.1) is 12.5 Å². The molecule has 0 aliphatic carbocycles. The van der Waals surface area contributed by atoms with Crippen LogP contribution < -0.4 is 27.4 Å². The first-order valence-electron chi connectivity index (χ1n) is 13.6. The molecule has 0 aliphatic heterocycles. The Hall–Kier alpha value is -5.44. The molecule has 0 saturated heterocycles. The van der Waals surface area contributed by atoms with Gasteiger partial charge in [0.1, 0.15) is 23.9 Å². The number of aromatic nitrogens is 1. The Labute approximate surface area is 251 Å². The monoisotopic (exact) mass is 610 g/mol. The SMILES string of the molecule is NC(=O)CC(NC(=O)C(Cc1c[nH]c2ccccc12)NC(=O)C(CCC(=O)O)NC(=O)C(N)Cc1ccc(O)cc1)C(=O)O. The van der Waals surface area contributed by atoms with Crippen molar-refractivity contribution in [2.75, 3.05) is 0 Å². The van der Waals surface area contributed by atoms with Gasteiger partial charge in [0, 0.05) is 29.9 Å². The molecule has 1 aromatic heterocycles. The molecular formula is C29H34N6O9. The third kappa shape index (κ3) is 9.55. The quantitative estimate of drug-likeness (QED) is 0.0980. The van der Waals surface area contributed by atoms with E-state index in [1.165, 1.54) is 12.1 Å². The van der Waals surface area contributed by atoms with Crippen LogP contribution in [-0.2, 0) is 41.6 Å². The highest BCUT2D eigenvalue weighted by molar-refractivity contribution is 5.95. The molecule has 4 unspecified atom stereocenters. The van der Waals surface area contributed by atoms with Gasteiger partial charge in [-0.15, -0.1) is 0 Å². The largest absolute Gasteiger partial charge is 0.508 e. The molecule has 0 fully saturated rings. The lowest BCUT2D eigenvalue weighted by Crippen LogP contribution is -2.58. The number of aromatic hydroxyl groups is 1. The van der Waals surface area contributed by atoms with Gasteiger partial charge in [-0.05, 0) is 42.2 Å². The van der Waals surface area contributed by atoms with E-state index in [9.17, 15) is 44.1 Å². The predicted octanol–water partition coefficient (Wildman–Crippen LogP) is -0.735. The van der Waals surface area contributed by atoms with Crippen LogP contribution in [0.2, 0.25) is 0 Å². The summed E-state index contributed by atoms with van der Waals surface area (Å²) in [5.41, 5.74) is 13.1. The number of primary amides is 1. The first-order chi connectivity index (χ1) is 20.8. The third-order valence-corrected chi connectivity index (χ3v) is 6.76. The molecule has 4 amide bonds. The van der Waals surface area contributed by atoms with Crippen LogP contribution in [0.1, 0.15) is 30.4 Å². The second-order valence-corrected chi connectivity index (χ2v) is 10.2. The maximum Gasteiger partial charge on any atom is 0.326 e. The van der Waals surface area contributed by atoms with Gasteiger partial charge in [0.25, 0.3) is 0 Å². The van der Waals surface area contributed by atoms with E-state index in [0.717, 1.165) is 10.9 Å². The van der Waals surface area contributed by atoms with E-state index in [0.29, 0.717) is 11.1 Å². The van der Waals surface area contributed by atoms with Crippen molar-refractivity contribution in [1.29, 1.82) is 0 Å². The van der Waals surface area contributed by atoms with Gasteiger partial charge in [0.2, 0.25) is 23.6 Å². The summed E-state index contributed by atoms with van der Waals surface area (Å²) in [7, 11) is 0. The summed E-state index contributed by atoms with van der Waals surface area (Å²) in [5.74, 6) is -6.36. The van der Waals surface area contributed by atoms with Crippen LogP contribution in [0.5, 0.6) is 5.75 Å². The number of phenols is 1. The molecule has 0 aliphatic rings. The topological polar surface area (TPSA) is 267 Å². The van der Waals surface area contributed by atoms with Crippen molar-refractivity contribution in [2.45, 2.75) is 56.3 Å². The Morgan fingerprint density at radius 2 is 1.41 bits per heavy atom. The van der Waals surface area contributed by atoms with E-state index in [4.69, 9.17) is 11.5 Å². The molecule has 3 rings (SSSR count). The van der Waals surface area contributed by atoms with E-state index in [1.54, 1.807) is 42.6 Å². The number of carboxylic acids is 2. The third-order valence-electron chi connectivity index (χ3n) is 6.76. The Kier molecular flexibility index (Phi) is 11.4. The lowest BCUT2D eigenvalue weighted by Gasteiger charge is -2.25. The number of nitrogens with two attached hydrogens (primary N) is 2. The van der Waals surface area contributed by atoms with Crippen LogP contribution in [0.15, 0.2) is 54.7 Å². The first-order valence-corrected chi connectivity index (χ1v) is 13.6. The van der Waals surface area contributed by atoms with Gasteiger partial charge >= 0.3 is 11.9 Å². The number of nitrogens with one attached hydrogen (secondary N) is 4. The summed E-state index contributed by atoms with van der Waals surface area (Å²) in [6, 6.07) is 7.42. The van der Waals surface area contributed by atoms with Crippen LogP contribution >= 0.6 is 0 Å². The number of rotatable bonds is 16. The van der Waals surface area contributed by atoms with E-state index >= 15 is 0 Å². The first kappa shape index (κ1) is 33.1. The van der Waals surface area contributed by atoms with Crippen LogP contribution in [0, 0.1) is 0 Å². The van der Waals surface area contributed by atoms with Crippen LogP contribution in [0.4, 0.5) is 0 Å². The van der Waals surface area contributed by atoms with Crippen molar-refractivity contribution < 1.29 is 44.1 Å². The summed E-state index contributed by atoms with van der Waals surface area (Å²) >= 11 is 0. The number of para-hydroxylation sites is 1. The van der Waals surface area contributed by atoms with Gasteiger partial charge in [0.15, 0.2) is 0 Å².